The van der Waals surface area contributed by atoms with E-state index >= 15 is 0 Å². The SMILES string of the molecule is Cc1nc(S(=O)(=O)N2CCC(C(=O)OCC(=O)c3ccc(C(C)(C)C)cc3)CC2)cn1C. The molecule has 2 aromatic rings. The predicted molar refractivity (Wildman–Crippen MR) is 120 cm³/mol. The van der Waals surface area contributed by atoms with Gasteiger partial charge in [-0.3, -0.25) is 9.59 Å². The van der Waals surface area contributed by atoms with Gasteiger partial charge in [-0.05, 0) is 30.7 Å². The number of benzene rings is 1. The molecule has 1 aromatic heterocycles. The van der Waals surface area contributed by atoms with Gasteiger partial charge in [0.2, 0.25) is 0 Å². The summed E-state index contributed by atoms with van der Waals surface area (Å²) in [6.07, 6.45) is 2.18. The van der Waals surface area contributed by atoms with E-state index in [-0.39, 0.29) is 35.9 Å². The summed E-state index contributed by atoms with van der Waals surface area (Å²) in [5, 5.41) is 0.0154. The molecule has 3 rings (SSSR count). The van der Waals surface area contributed by atoms with Gasteiger partial charge in [-0.2, -0.15) is 4.31 Å². The molecule has 1 aliphatic heterocycles. The highest BCUT2D eigenvalue weighted by Crippen LogP contribution is 2.25. The number of carbonyl (C=O) groups is 2. The smallest absolute Gasteiger partial charge is 0.309 e. The van der Waals surface area contributed by atoms with Gasteiger partial charge in [0, 0.05) is 31.9 Å². The van der Waals surface area contributed by atoms with Crippen LogP contribution in [0.2, 0.25) is 0 Å². The minimum atomic E-state index is -3.69. The van der Waals surface area contributed by atoms with Gasteiger partial charge in [-0.15, -0.1) is 0 Å². The maximum absolute atomic E-state index is 12.8. The van der Waals surface area contributed by atoms with Crippen molar-refractivity contribution in [3.8, 4) is 0 Å². The van der Waals surface area contributed by atoms with Crippen molar-refractivity contribution in [1.82, 2.24) is 13.9 Å². The van der Waals surface area contributed by atoms with Gasteiger partial charge in [-0.25, -0.2) is 13.4 Å². The first kappa shape index (κ1) is 24.1. The zero-order valence-electron chi connectivity index (χ0n) is 19.3. The number of Topliss-reactive ketones (excluding diaryl/α,β-unsaturated/α-hetero) is 1. The molecule has 1 aliphatic rings. The Hall–Kier alpha value is -2.52. The Morgan fingerprint density at radius 2 is 1.72 bits per heavy atom. The second-order valence-corrected chi connectivity index (χ2v) is 11.2. The van der Waals surface area contributed by atoms with Gasteiger partial charge < -0.3 is 9.30 Å². The maximum atomic E-state index is 12.8. The van der Waals surface area contributed by atoms with Gasteiger partial charge in [0.15, 0.2) is 17.4 Å². The molecule has 0 spiro atoms. The van der Waals surface area contributed by atoms with E-state index in [0.29, 0.717) is 24.2 Å². The van der Waals surface area contributed by atoms with Gasteiger partial charge in [0.1, 0.15) is 5.82 Å². The number of piperidine rings is 1. The number of ether oxygens (including phenoxy) is 1. The third-order valence-electron chi connectivity index (χ3n) is 5.90. The first-order chi connectivity index (χ1) is 14.9. The van der Waals surface area contributed by atoms with Crippen LogP contribution >= 0.6 is 0 Å². The molecule has 0 amide bonds. The molecule has 0 bridgehead atoms. The topological polar surface area (TPSA) is 98.6 Å². The number of carbonyl (C=O) groups excluding carboxylic acids is 2. The lowest BCUT2D eigenvalue weighted by atomic mass is 9.86. The van der Waals surface area contributed by atoms with Crippen LogP contribution in [0.15, 0.2) is 35.5 Å². The van der Waals surface area contributed by atoms with E-state index in [1.807, 2.05) is 12.1 Å². The summed E-state index contributed by atoms with van der Waals surface area (Å²) in [7, 11) is -1.95. The minimum absolute atomic E-state index is 0.00814. The standard InChI is InChI=1S/C23H31N3O5S/c1-16-24-21(14-25(16)5)32(29,30)26-12-10-18(11-13-26)22(28)31-15-20(27)17-6-8-19(9-7-17)23(2,3)4/h6-9,14,18H,10-13,15H2,1-5H3. The monoisotopic (exact) mass is 461 g/mol. The van der Waals surface area contributed by atoms with E-state index in [4.69, 9.17) is 4.74 Å². The Labute approximate surface area is 189 Å². The number of imidazole rings is 1. The molecule has 0 radical (unpaired) electrons. The molecular formula is C23H31N3O5S. The first-order valence-electron chi connectivity index (χ1n) is 10.7. The Kier molecular flexibility index (Phi) is 6.90. The highest BCUT2D eigenvalue weighted by atomic mass is 32.2. The van der Waals surface area contributed by atoms with Crippen LogP contribution in [0.3, 0.4) is 0 Å². The van der Waals surface area contributed by atoms with Gasteiger partial charge in [-0.1, -0.05) is 45.0 Å². The van der Waals surface area contributed by atoms with Crippen LogP contribution in [0.4, 0.5) is 0 Å². The van der Waals surface area contributed by atoms with Gasteiger partial charge in [0.05, 0.1) is 5.92 Å². The van der Waals surface area contributed by atoms with Crippen LogP contribution in [-0.2, 0) is 32.0 Å². The Balaban J connectivity index is 1.52. The number of sulfonamides is 1. The molecule has 1 saturated heterocycles. The predicted octanol–water partition coefficient (Wildman–Crippen LogP) is 2.85. The second kappa shape index (κ2) is 9.15. The molecule has 32 heavy (non-hydrogen) atoms. The minimum Gasteiger partial charge on any atom is -0.457 e. The lowest BCUT2D eigenvalue weighted by molar-refractivity contribution is -0.148. The quantitative estimate of drug-likeness (QED) is 0.485. The van der Waals surface area contributed by atoms with E-state index in [9.17, 15) is 18.0 Å². The number of ketones is 1. The summed E-state index contributed by atoms with van der Waals surface area (Å²) < 4.78 is 33.8. The Morgan fingerprint density at radius 1 is 1.12 bits per heavy atom. The molecule has 1 aromatic carbocycles. The summed E-state index contributed by atoms with van der Waals surface area (Å²) in [4.78, 5) is 28.9. The summed E-state index contributed by atoms with van der Waals surface area (Å²) in [5.74, 6) is -0.539. The van der Waals surface area contributed by atoms with E-state index in [2.05, 4.69) is 25.8 Å². The van der Waals surface area contributed by atoms with Crippen LogP contribution in [-0.4, -0.2) is 53.7 Å². The molecular weight excluding hydrogens is 430 g/mol. The molecule has 0 N–H and O–H groups in total. The van der Waals surface area contributed by atoms with E-state index in [1.54, 1.807) is 30.7 Å². The highest BCUT2D eigenvalue weighted by Gasteiger charge is 2.34. The van der Waals surface area contributed by atoms with Crippen LogP contribution in [0.25, 0.3) is 0 Å². The second-order valence-electron chi connectivity index (χ2n) is 9.27. The Bertz CT molecular complexity index is 1070. The summed E-state index contributed by atoms with van der Waals surface area (Å²) in [6, 6.07) is 7.32. The molecule has 174 valence electrons. The highest BCUT2D eigenvalue weighted by molar-refractivity contribution is 7.89. The number of aryl methyl sites for hydroxylation is 2. The lowest BCUT2D eigenvalue weighted by Crippen LogP contribution is -2.41. The number of hydrogen-bond donors (Lipinski definition) is 0. The third kappa shape index (κ3) is 5.27. The zero-order valence-corrected chi connectivity index (χ0v) is 20.1. The number of aromatic nitrogens is 2. The molecule has 0 saturated carbocycles. The maximum Gasteiger partial charge on any atom is 0.309 e. The fourth-order valence-corrected chi connectivity index (χ4v) is 5.10. The van der Waals surface area contributed by atoms with Crippen molar-refractivity contribution < 1.29 is 22.7 Å². The molecule has 0 atom stereocenters. The van der Waals surface area contributed by atoms with Crippen LogP contribution < -0.4 is 0 Å². The summed E-state index contributed by atoms with van der Waals surface area (Å²) in [5.41, 5.74) is 1.61. The van der Waals surface area contributed by atoms with Crippen molar-refractivity contribution in [1.29, 1.82) is 0 Å². The van der Waals surface area contributed by atoms with Crippen molar-refractivity contribution in [3.63, 3.8) is 0 Å². The average Bonchev–Trinajstić information content (AvgIpc) is 3.10. The fraction of sp³-hybridized carbons (Fsp3) is 0.522. The van der Waals surface area contributed by atoms with Gasteiger partial charge in [0.25, 0.3) is 10.0 Å². The van der Waals surface area contributed by atoms with Crippen molar-refractivity contribution in [2.75, 3.05) is 19.7 Å². The molecule has 1 fully saturated rings. The van der Waals surface area contributed by atoms with E-state index < -0.39 is 21.9 Å². The number of nitrogens with zero attached hydrogens (tertiary/aromatic N) is 3. The number of rotatable bonds is 6. The molecule has 9 heteroatoms. The van der Waals surface area contributed by atoms with Crippen molar-refractivity contribution in [2.45, 2.75) is 51.0 Å². The van der Waals surface area contributed by atoms with E-state index in [1.165, 1.54) is 10.5 Å². The van der Waals surface area contributed by atoms with Gasteiger partial charge >= 0.3 is 5.97 Å². The number of hydrogen-bond acceptors (Lipinski definition) is 6. The average molecular weight is 462 g/mol. The zero-order chi connectivity index (χ0) is 23.7. The normalized spacial score (nSPS) is 16.2. The molecule has 0 aliphatic carbocycles. The first-order valence-corrected chi connectivity index (χ1v) is 12.1. The summed E-state index contributed by atoms with van der Waals surface area (Å²) in [6.45, 7) is 8.12. The Morgan fingerprint density at radius 3 is 2.22 bits per heavy atom. The summed E-state index contributed by atoms with van der Waals surface area (Å²) >= 11 is 0. The fourth-order valence-electron chi connectivity index (χ4n) is 3.61. The number of esters is 1. The third-order valence-corrected chi connectivity index (χ3v) is 7.67. The molecule has 8 nitrogen and oxygen atoms in total. The van der Waals surface area contributed by atoms with Crippen molar-refractivity contribution >= 4 is 21.8 Å². The van der Waals surface area contributed by atoms with Crippen LogP contribution in [0.5, 0.6) is 0 Å². The van der Waals surface area contributed by atoms with Crippen LogP contribution in [0.1, 0.15) is 55.4 Å². The largest absolute Gasteiger partial charge is 0.457 e. The van der Waals surface area contributed by atoms with Crippen molar-refractivity contribution in [3.05, 3.63) is 47.4 Å². The van der Waals surface area contributed by atoms with E-state index in [0.717, 1.165) is 5.56 Å². The lowest BCUT2D eigenvalue weighted by Gasteiger charge is -2.29. The molecule has 2 heterocycles. The molecule has 0 unspecified atom stereocenters. The van der Waals surface area contributed by atoms with Crippen molar-refractivity contribution in [2.24, 2.45) is 13.0 Å². The van der Waals surface area contributed by atoms with Crippen LogP contribution in [0, 0.1) is 12.8 Å².